The fourth-order valence-corrected chi connectivity index (χ4v) is 3.13. The molecule has 3 rings (SSSR count). The number of benzene rings is 3. The topological polar surface area (TPSA) is 49.3 Å². The molecule has 0 aromatic heterocycles. The minimum Gasteiger partial charge on any atom is -0.507 e. The summed E-state index contributed by atoms with van der Waals surface area (Å²) in [4.78, 5) is 12.5. The lowest BCUT2D eigenvalue weighted by Gasteiger charge is -2.19. The first-order valence-corrected chi connectivity index (χ1v) is 9.38. The van der Waals surface area contributed by atoms with Gasteiger partial charge in [-0.25, -0.2) is 0 Å². The highest BCUT2D eigenvalue weighted by atomic mass is 19.4. The number of carbonyl (C=O) groups is 1. The lowest BCUT2D eigenvalue weighted by atomic mass is 9.87. The van der Waals surface area contributed by atoms with Crippen LogP contribution in [0.4, 0.5) is 18.9 Å². The van der Waals surface area contributed by atoms with E-state index in [1.807, 2.05) is 12.1 Å². The van der Waals surface area contributed by atoms with Crippen molar-refractivity contribution in [2.24, 2.45) is 0 Å². The molecule has 0 spiro atoms. The normalized spacial score (nSPS) is 11.9. The van der Waals surface area contributed by atoms with E-state index in [0.29, 0.717) is 5.69 Å². The van der Waals surface area contributed by atoms with Gasteiger partial charge >= 0.3 is 6.18 Å². The zero-order valence-electron chi connectivity index (χ0n) is 16.8. The summed E-state index contributed by atoms with van der Waals surface area (Å²) in [5.41, 5.74) is 0.915. The maximum atomic E-state index is 13.3. The van der Waals surface area contributed by atoms with Crippen molar-refractivity contribution in [1.29, 1.82) is 0 Å². The fraction of sp³-hybridized carbons (Fsp3) is 0.208. The van der Waals surface area contributed by atoms with Crippen LogP contribution in [-0.2, 0) is 11.6 Å². The molecule has 6 heteroatoms. The Kier molecular flexibility index (Phi) is 5.61. The van der Waals surface area contributed by atoms with Gasteiger partial charge in [0, 0.05) is 5.69 Å². The first-order chi connectivity index (χ1) is 14.0. The maximum absolute atomic E-state index is 13.3. The van der Waals surface area contributed by atoms with Crippen LogP contribution in [0.1, 0.15) is 42.3 Å². The summed E-state index contributed by atoms with van der Waals surface area (Å²) in [5, 5.41) is 13.0. The number of aromatic hydroxyl groups is 1. The van der Waals surface area contributed by atoms with Gasteiger partial charge in [-0.1, -0.05) is 57.2 Å². The molecular weight excluding hydrogens is 391 g/mol. The molecular formula is C24H22F3NO2. The van der Waals surface area contributed by atoms with Crippen LogP contribution in [0.5, 0.6) is 5.75 Å². The Balaban J connectivity index is 1.85. The van der Waals surface area contributed by atoms with Crippen molar-refractivity contribution in [2.75, 3.05) is 5.32 Å². The zero-order valence-corrected chi connectivity index (χ0v) is 16.8. The molecule has 3 nitrogen and oxygen atoms in total. The number of alkyl halides is 3. The molecule has 3 aromatic carbocycles. The maximum Gasteiger partial charge on any atom is 0.417 e. The van der Waals surface area contributed by atoms with E-state index in [9.17, 15) is 23.1 Å². The van der Waals surface area contributed by atoms with E-state index in [-0.39, 0.29) is 22.1 Å². The summed E-state index contributed by atoms with van der Waals surface area (Å²) in [6, 6.07) is 16.3. The predicted octanol–water partition coefficient (Wildman–Crippen LogP) is 6.63. The highest BCUT2D eigenvalue weighted by Crippen LogP contribution is 2.38. The number of phenols is 1. The zero-order chi connectivity index (χ0) is 22.1. The third kappa shape index (κ3) is 4.64. The van der Waals surface area contributed by atoms with Crippen molar-refractivity contribution >= 4 is 11.6 Å². The monoisotopic (exact) mass is 413 g/mol. The molecule has 0 bridgehead atoms. The number of phenolic OH excluding ortho intramolecular Hbond substituents is 1. The summed E-state index contributed by atoms with van der Waals surface area (Å²) in [6.07, 6.45) is -4.53. The van der Waals surface area contributed by atoms with Crippen LogP contribution in [0.2, 0.25) is 0 Å². The molecule has 1 amide bonds. The Morgan fingerprint density at radius 2 is 1.53 bits per heavy atom. The van der Waals surface area contributed by atoms with Crippen LogP contribution >= 0.6 is 0 Å². The Morgan fingerprint density at radius 3 is 2.10 bits per heavy atom. The van der Waals surface area contributed by atoms with Crippen molar-refractivity contribution < 1.29 is 23.1 Å². The second-order valence-corrected chi connectivity index (χ2v) is 8.06. The molecule has 2 N–H and O–H groups in total. The summed E-state index contributed by atoms with van der Waals surface area (Å²) < 4.78 is 39.8. The summed E-state index contributed by atoms with van der Waals surface area (Å²) in [7, 11) is 0. The van der Waals surface area contributed by atoms with E-state index in [2.05, 4.69) is 26.1 Å². The summed E-state index contributed by atoms with van der Waals surface area (Å²) in [5.74, 6) is -0.944. The summed E-state index contributed by atoms with van der Waals surface area (Å²) in [6.45, 7) is 6.24. The van der Waals surface area contributed by atoms with Crippen LogP contribution < -0.4 is 5.32 Å². The minimum atomic E-state index is -4.53. The van der Waals surface area contributed by atoms with E-state index in [1.54, 1.807) is 12.1 Å². The smallest absolute Gasteiger partial charge is 0.417 e. The van der Waals surface area contributed by atoms with Crippen molar-refractivity contribution in [3.8, 4) is 16.9 Å². The molecule has 0 saturated carbocycles. The molecule has 0 fully saturated rings. The predicted molar refractivity (Wildman–Crippen MR) is 112 cm³/mol. The highest BCUT2D eigenvalue weighted by molar-refractivity contribution is 6.06. The highest BCUT2D eigenvalue weighted by Gasteiger charge is 2.33. The van der Waals surface area contributed by atoms with Crippen LogP contribution in [0, 0.1) is 0 Å². The van der Waals surface area contributed by atoms with Gasteiger partial charge in [0.25, 0.3) is 5.91 Å². The first-order valence-electron chi connectivity index (χ1n) is 9.38. The number of amides is 1. The van der Waals surface area contributed by atoms with Crippen molar-refractivity contribution in [1.82, 2.24) is 0 Å². The van der Waals surface area contributed by atoms with Crippen LogP contribution in [0.3, 0.4) is 0 Å². The molecule has 156 valence electrons. The Hall–Kier alpha value is -3.28. The summed E-state index contributed by atoms with van der Waals surface area (Å²) >= 11 is 0. The molecule has 0 radical (unpaired) electrons. The fourth-order valence-electron chi connectivity index (χ4n) is 3.13. The first kappa shape index (κ1) is 21.4. The Bertz CT molecular complexity index is 1070. The standard InChI is InChI=1S/C24H22F3NO2/c1-23(2,3)16-9-11-17(12-10-16)28-22(30)19-13-8-15(14-21(19)29)18-6-4-5-7-20(18)24(25,26)27/h4-14,29H,1-3H3,(H,28,30). The second-order valence-electron chi connectivity index (χ2n) is 8.06. The number of halogens is 3. The van der Waals surface area contributed by atoms with Gasteiger partial charge in [0.2, 0.25) is 0 Å². The van der Waals surface area contributed by atoms with E-state index in [4.69, 9.17) is 0 Å². The Morgan fingerprint density at radius 1 is 0.900 bits per heavy atom. The van der Waals surface area contributed by atoms with Gasteiger partial charge in [0.15, 0.2) is 0 Å². The number of hydrogen-bond acceptors (Lipinski definition) is 2. The number of rotatable bonds is 3. The van der Waals surface area contributed by atoms with Crippen LogP contribution in [0.15, 0.2) is 66.7 Å². The van der Waals surface area contributed by atoms with Gasteiger partial charge < -0.3 is 10.4 Å². The average molecular weight is 413 g/mol. The van der Waals surface area contributed by atoms with Crippen molar-refractivity contribution in [3.63, 3.8) is 0 Å². The van der Waals surface area contributed by atoms with Gasteiger partial charge in [-0.15, -0.1) is 0 Å². The van der Waals surface area contributed by atoms with Crippen LogP contribution in [-0.4, -0.2) is 11.0 Å². The molecule has 0 aliphatic heterocycles. The number of hydrogen-bond donors (Lipinski definition) is 2. The van der Waals surface area contributed by atoms with Crippen LogP contribution in [0.25, 0.3) is 11.1 Å². The van der Waals surface area contributed by atoms with E-state index in [0.717, 1.165) is 11.6 Å². The largest absolute Gasteiger partial charge is 0.507 e. The third-order valence-electron chi connectivity index (χ3n) is 4.79. The second kappa shape index (κ2) is 7.86. The van der Waals surface area contributed by atoms with Gasteiger partial charge in [-0.05, 0) is 52.4 Å². The molecule has 0 aliphatic rings. The Labute approximate surface area is 173 Å². The lowest BCUT2D eigenvalue weighted by molar-refractivity contribution is -0.137. The molecule has 0 heterocycles. The number of carbonyl (C=O) groups excluding carboxylic acids is 1. The third-order valence-corrected chi connectivity index (χ3v) is 4.79. The van der Waals surface area contributed by atoms with Crippen molar-refractivity contribution in [2.45, 2.75) is 32.4 Å². The number of nitrogens with one attached hydrogen (secondary N) is 1. The molecule has 0 saturated heterocycles. The molecule has 30 heavy (non-hydrogen) atoms. The van der Waals surface area contributed by atoms with E-state index in [1.165, 1.54) is 36.4 Å². The van der Waals surface area contributed by atoms with Gasteiger partial charge in [0.1, 0.15) is 5.75 Å². The van der Waals surface area contributed by atoms with Crippen molar-refractivity contribution in [3.05, 3.63) is 83.4 Å². The minimum absolute atomic E-state index is 0.0245. The SMILES string of the molecule is CC(C)(C)c1ccc(NC(=O)c2ccc(-c3ccccc3C(F)(F)F)cc2O)cc1. The molecule has 0 atom stereocenters. The molecule has 0 unspecified atom stereocenters. The van der Waals surface area contributed by atoms with Gasteiger partial charge in [0.05, 0.1) is 11.1 Å². The van der Waals surface area contributed by atoms with Gasteiger partial charge in [-0.2, -0.15) is 13.2 Å². The average Bonchev–Trinajstić information content (AvgIpc) is 2.67. The van der Waals surface area contributed by atoms with E-state index < -0.39 is 23.4 Å². The molecule has 0 aliphatic carbocycles. The van der Waals surface area contributed by atoms with Gasteiger partial charge in [-0.3, -0.25) is 4.79 Å². The molecule has 3 aromatic rings. The lowest BCUT2D eigenvalue weighted by Crippen LogP contribution is -2.14. The van der Waals surface area contributed by atoms with E-state index >= 15 is 0 Å². The number of anilines is 1. The quantitative estimate of drug-likeness (QED) is 0.506.